The molecule has 19 heavy (non-hydrogen) atoms. The lowest BCUT2D eigenvalue weighted by molar-refractivity contribution is 0.100. The van der Waals surface area contributed by atoms with Crippen LogP contribution in [0.25, 0.3) is 0 Å². The van der Waals surface area contributed by atoms with Gasteiger partial charge in [0.15, 0.2) is 0 Å². The summed E-state index contributed by atoms with van der Waals surface area (Å²) in [5.41, 5.74) is 2.87. The van der Waals surface area contributed by atoms with Crippen LogP contribution in [0.15, 0.2) is 18.2 Å². The smallest absolute Gasteiger partial charge is 0.119 e. The number of fused-ring (bicyclic) bond motifs is 1. The van der Waals surface area contributed by atoms with Gasteiger partial charge in [0.1, 0.15) is 18.5 Å². The van der Waals surface area contributed by atoms with Crippen LogP contribution >= 0.6 is 0 Å². The number of aliphatic hydroxyl groups is 1. The molecule has 0 heterocycles. The highest BCUT2D eigenvalue weighted by atomic mass is 16.5. The second-order valence-electron chi connectivity index (χ2n) is 6.38. The molecule has 1 aliphatic rings. The number of nitrogens with one attached hydrogen (secondary N) is 1. The Hall–Kier alpha value is -1.06. The maximum Gasteiger partial charge on any atom is 0.119 e. The minimum absolute atomic E-state index is 0.0224. The zero-order chi connectivity index (χ0) is 13.9. The van der Waals surface area contributed by atoms with Gasteiger partial charge in [-0.3, -0.25) is 0 Å². The van der Waals surface area contributed by atoms with Crippen molar-refractivity contribution in [3.63, 3.8) is 0 Å². The van der Waals surface area contributed by atoms with Gasteiger partial charge in [-0.25, -0.2) is 0 Å². The molecule has 3 nitrogen and oxygen atoms in total. The molecular weight excluding hydrogens is 238 g/mol. The van der Waals surface area contributed by atoms with Crippen LogP contribution in [-0.4, -0.2) is 29.9 Å². The number of aliphatic hydroxyl groups excluding tert-OH is 1. The lowest BCUT2D eigenvalue weighted by Crippen LogP contribution is -2.42. The normalized spacial score (nSPS) is 16.2. The van der Waals surface area contributed by atoms with Gasteiger partial charge in [0.2, 0.25) is 0 Å². The molecule has 0 saturated carbocycles. The Balaban J connectivity index is 1.79. The van der Waals surface area contributed by atoms with Gasteiger partial charge in [-0.05, 0) is 63.3 Å². The van der Waals surface area contributed by atoms with E-state index in [1.54, 1.807) is 0 Å². The van der Waals surface area contributed by atoms with E-state index in [9.17, 15) is 5.11 Å². The summed E-state index contributed by atoms with van der Waals surface area (Å²) >= 11 is 0. The van der Waals surface area contributed by atoms with Crippen molar-refractivity contribution in [2.75, 3.05) is 13.2 Å². The van der Waals surface area contributed by atoms with Crippen LogP contribution in [0.1, 0.15) is 38.3 Å². The summed E-state index contributed by atoms with van der Waals surface area (Å²) in [5, 5.41) is 13.1. The van der Waals surface area contributed by atoms with Gasteiger partial charge >= 0.3 is 0 Å². The van der Waals surface area contributed by atoms with E-state index in [1.165, 1.54) is 24.0 Å². The van der Waals surface area contributed by atoms with E-state index >= 15 is 0 Å². The summed E-state index contributed by atoms with van der Waals surface area (Å²) in [7, 11) is 0. The van der Waals surface area contributed by atoms with Gasteiger partial charge in [-0.15, -0.1) is 0 Å². The molecule has 0 aromatic heterocycles. The number of benzene rings is 1. The highest BCUT2D eigenvalue weighted by Crippen LogP contribution is 2.26. The molecule has 1 aromatic carbocycles. The molecule has 0 fully saturated rings. The Bertz CT molecular complexity index is 423. The summed E-state index contributed by atoms with van der Waals surface area (Å²) in [5.74, 6) is 0.871. The molecule has 3 heteroatoms. The molecule has 106 valence electrons. The fraction of sp³-hybridized carbons (Fsp3) is 0.625. The van der Waals surface area contributed by atoms with Crippen LogP contribution in [-0.2, 0) is 12.8 Å². The minimum Gasteiger partial charge on any atom is -0.491 e. The van der Waals surface area contributed by atoms with Crippen LogP contribution in [0.2, 0.25) is 0 Å². The van der Waals surface area contributed by atoms with Crippen molar-refractivity contribution in [3.8, 4) is 5.75 Å². The third-order valence-corrected chi connectivity index (χ3v) is 3.38. The predicted molar refractivity (Wildman–Crippen MR) is 77.7 cm³/mol. The monoisotopic (exact) mass is 263 g/mol. The Morgan fingerprint density at radius 2 is 2.00 bits per heavy atom. The molecule has 0 saturated heterocycles. The van der Waals surface area contributed by atoms with Crippen molar-refractivity contribution >= 4 is 0 Å². The molecule has 2 rings (SSSR count). The maximum atomic E-state index is 9.88. The van der Waals surface area contributed by atoms with E-state index in [4.69, 9.17) is 4.74 Å². The third-order valence-electron chi connectivity index (χ3n) is 3.38. The number of hydrogen-bond donors (Lipinski definition) is 2. The van der Waals surface area contributed by atoms with Crippen molar-refractivity contribution in [1.82, 2.24) is 5.32 Å². The summed E-state index contributed by atoms with van der Waals surface area (Å²) in [6.45, 7) is 7.14. The molecule has 1 aliphatic carbocycles. The van der Waals surface area contributed by atoms with Crippen molar-refractivity contribution < 1.29 is 9.84 Å². The van der Waals surface area contributed by atoms with E-state index < -0.39 is 6.10 Å². The summed E-state index contributed by atoms with van der Waals surface area (Å²) in [6, 6.07) is 6.28. The fourth-order valence-electron chi connectivity index (χ4n) is 2.31. The zero-order valence-corrected chi connectivity index (χ0v) is 12.2. The van der Waals surface area contributed by atoms with E-state index in [0.717, 1.165) is 12.2 Å². The topological polar surface area (TPSA) is 41.5 Å². The predicted octanol–water partition coefficient (Wildman–Crippen LogP) is 2.30. The van der Waals surface area contributed by atoms with Gasteiger partial charge in [0.25, 0.3) is 0 Å². The average molecular weight is 263 g/mol. The number of hydrogen-bond acceptors (Lipinski definition) is 3. The summed E-state index contributed by atoms with van der Waals surface area (Å²) in [4.78, 5) is 0. The van der Waals surface area contributed by atoms with Crippen molar-refractivity contribution in [2.24, 2.45) is 0 Å². The molecule has 2 N–H and O–H groups in total. The van der Waals surface area contributed by atoms with E-state index in [-0.39, 0.29) is 5.54 Å². The first-order chi connectivity index (χ1) is 8.94. The van der Waals surface area contributed by atoms with Crippen LogP contribution in [0.3, 0.4) is 0 Å². The highest BCUT2D eigenvalue weighted by Gasteiger charge is 2.14. The fourth-order valence-corrected chi connectivity index (χ4v) is 2.31. The van der Waals surface area contributed by atoms with Crippen molar-refractivity contribution in [2.45, 2.75) is 51.7 Å². The first-order valence-electron chi connectivity index (χ1n) is 7.12. The van der Waals surface area contributed by atoms with Gasteiger partial charge in [0.05, 0.1) is 0 Å². The van der Waals surface area contributed by atoms with Gasteiger partial charge < -0.3 is 15.2 Å². The number of β-amino-alcohol motifs (C(OH)–C–C–N with tert-alkyl or cyclic N) is 1. The number of ether oxygens (including phenoxy) is 1. The Morgan fingerprint density at radius 1 is 1.26 bits per heavy atom. The zero-order valence-electron chi connectivity index (χ0n) is 12.2. The SMILES string of the molecule is CC(C)(C)NC[C@H](O)COc1ccc2c(c1)CCC2. The third kappa shape index (κ3) is 4.51. The molecule has 0 spiro atoms. The van der Waals surface area contributed by atoms with Gasteiger partial charge in [-0.1, -0.05) is 6.07 Å². The van der Waals surface area contributed by atoms with Crippen LogP contribution in [0, 0.1) is 0 Å². The van der Waals surface area contributed by atoms with Gasteiger partial charge in [-0.2, -0.15) is 0 Å². The lowest BCUT2D eigenvalue weighted by atomic mass is 10.1. The first-order valence-corrected chi connectivity index (χ1v) is 7.12. The molecule has 0 amide bonds. The molecule has 0 bridgehead atoms. The second kappa shape index (κ2) is 5.93. The molecule has 1 aromatic rings. The standard InChI is InChI=1S/C16H25NO2/c1-16(2,3)17-10-14(18)11-19-15-8-7-12-5-4-6-13(12)9-15/h7-9,14,17-18H,4-6,10-11H2,1-3H3/t14-/m0/s1. The quantitative estimate of drug-likeness (QED) is 0.856. The molecule has 0 aliphatic heterocycles. The highest BCUT2D eigenvalue weighted by molar-refractivity contribution is 5.38. The summed E-state index contributed by atoms with van der Waals surface area (Å²) in [6.07, 6.45) is 3.11. The maximum absolute atomic E-state index is 9.88. The molecule has 0 unspecified atom stereocenters. The van der Waals surface area contributed by atoms with Crippen LogP contribution in [0.4, 0.5) is 0 Å². The van der Waals surface area contributed by atoms with E-state index in [1.807, 2.05) is 6.07 Å². The lowest BCUT2D eigenvalue weighted by Gasteiger charge is -2.23. The number of rotatable bonds is 5. The van der Waals surface area contributed by atoms with E-state index in [0.29, 0.717) is 13.2 Å². The van der Waals surface area contributed by atoms with E-state index in [2.05, 4.69) is 38.2 Å². The summed E-state index contributed by atoms with van der Waals surface area (Å²) < 4.78 is 5.67. The average Bonchev–Trinajstić information content (AvgIpc) is 2.80. The Morgan fingerprint density at radius 3 is 2.74 bits per heavy atom. The first kappa shape index (κ1) is 14.4. The van der Waals surface area contributed by atoms with Crippen molar-refractivity contribution in [3.05, 3.63) is 29.3 Å². The minimum atomic E-state index is -0.479. The number of aryl methyl sites for hydroxylation is 2. The van der Waals surface area contributed by atoms with Gasteiger partial charge in [0, 0.05) is 12.1 Å². The van der Waals surface area contributed by atoms with Crippen LogP contribution < -0.4 is 10.1 Å². The molecule has 0 radical (unpaired) electrons. The largest absolute Gasteiger partial charge is 0.491 e. The van der Waals surface area contributed by atoms with Crippen LogP contribution in [0.5, 0.6) is 5.75 Å². The molecular formula is C16H25NO2. The Labute approximate surface area is 116 Å². The van der Waals surface area contributed by atoms with Crippen molar-refractivity contribution in [1.29, 1.82) is 0 Å². The second-order valence-corrected chi connectivity index (χ2v) is 6.38. The molecule has 1 atom stereocenters. The Kier molecular flexibility index (Phi) is 4.48.